The van der Waals surface area contributed by atoms with E-state index in [4.69, 9.17) is 24.9 Å². The predicted molar refractivity (Wildman–Crippen MR) is 515 cm³/mol. The van der Waals surface area contributed by atoms with Crippen LogP contribution in [0, 0.1) is 56.4 Å². The molecule has 15 nitrogen and oxygen atoms in total. The number of hydrogen-bond donors (Lipinski definition) is 0. The van der Waals surface area contributed by atoms with Gasteiger partial charge in [-0.2, -0.15) is 111 Å². The van der Waals surface area contributed by atoms with Crippen LogP contribution in [0.2, 0.25) is 0 Å². The van der Waals surface area contributed by atoms with E-state index in [1.54, 1.807) is 0 Å². The second kappa shape index (κ2) is 39.1. The fourth-order valence-electron chi connectivity index (χ4n) is 17.8. The Hall–Kier alpha value is -13.0. The molecule has 12 aromatic carbocycles. The van der Waals surface area contributed by atoms with Gasteiger partial charge in [-0.05, 0) is 169 Å². The molecule has 3 aliphatic rings. The number of fused-ring (bicyclic) bond motifs is 14. The minimum atomic E-state index is 0. The molecule has 0 saturated carbocycles. The van der Waals surface area contributed by atoms with E-state index in [0.29, 0.717) is 0 Å². The van der Waals surface area contributed by atoms with E-state index in [2.05, 4.69) is 242 Å². The summed E-state index contributed by atoms with van der Waals surface area (Å²) in [5.74, 6) is 0. The SMILES string of the molecule is CCc1cccc(CC)c1-c1cn2c(n1)c1[c-]ccc3ccc4ccnc2c4c31.CCc1cccc(CC)c1-c1cn2c3cnc4ccccc4c3c3ccc[c-]c3c2n1.CCc1cccc(CC)c1-c1cn2c3cncc4ccc5cc[c-]c(c5c43)c2n1.CN1C=CN(c2[c-]cccc2)[CH-]1.CN1C=CN(c2[c-]cccc2)[CH-]1.CN1C=CN(c2[c-]cccc2)[CH-]1.[Ir+3].[Ir+3].[Ir+3]. The Labute approximate surface area is 787 Å². The zero-order valence-electron chi connectivity index (χ0n) is 72.6. The Morgan fingerprint density at radius 2 is 0.688 bits per heavy atom. The normalized spacial score (nSPS) is 12.8. The van der Waals surface area contributed by atoms with E-state index in [1.165, 1.54) is 98.5 Å². The molecule has 21 aromatic rings. The van der Waals surface area contributed by atoms with Crippen LogP contribution in [-0.2, 0) is 98.8 Å². The monoisotopic (exact) mass is 2200 g/mol. The molecule has 24 rings (SSSR count). The third-order valence-corrected chi connectivity index (χ3v) is 23.8. The standard InChI is InChI=1S/C28H22N3.2C26H20N3.3C10H10N2.3Ir/c1-3-18-10-9-11-19(4-2)26(18)24-17-31-25-16-29-23-15-8-7-14-22(23)27(25)20-12-5-6-13-21(20)28(31)30-24;1-3-16-7-5-8-17(4-2)23(16)21-15-29-22-14-27-13-19-12-11-18-9-6-10-20(26(29)28-21)24(18)25(19)22;1-3-16-7-5-8-17(4-2)22(16)21-15-29-25(28-21)20-10-6-9-18-11-12-19-13-14-27-26(29)24(19)23(18)20;3*1-11-7-8-12(9-11)10-5-3-2-4-6-10;;;/h5-12,14-17H,3-4H2,1-2H3;2*5-9,11-15H,3-4H2,1-2H3;3*2-5,7-9H,1H3;;;/q3*-1;3*-2;3*+3. The molecular formula is C110H92Ir3N15. The van der Waals surface area contributed by atoms with Gasteiger partial charge in [-0.1, -0.05) is 166 Å². The maximum Gasteiger partial charge on any atom is 3.00 e. The summed E-state index contributed by atoms with van der Waals surface area (Å²) in [7, 11) is 6.00. The van der Waals surface area contributed by atoms with Gasteiger partial charge in [-0.15, -0.1) is 93.9 Å². The van der Waals surface area contributed by atoms with Crippen LogP contribution in [0.15, 0.2) is 305 Å². The molecular weight excluding hydrogens is 2110 g/mol. The molecule has 0 atom stereocenters. The molecule has 12 heterocycles. The van der Waals surface area contributed by atoms with E-state index in [0.717, 1.165) is 139 Å². The average Bonchev–Trinajstić information content (AvgIpc) is 1.56. The topological polar surface area (TPSA) is 110 Å². The van der Waals surface area contributed by atoms with Crippen molar-refractivity contribution in [1.29, 1.82) is 0 Å². The van der Waals surface area contributed by atoms with Crippen molar-refractivity contribution in [3.05, 3.63) is 395 Å². The van der Waals surface area contributed by atoms with Crippen LogP contribution in [0.5, 0.6) is 0 Å². The zero-order chi connectivity index (χ0) is 85.2. The Bertz CT molecular complexity index is 6970. The summed E-state index contributed by atoms with van der Waals surface area (Å²) in [4.78, 5) is 41.6. The number of rotatable bonds is 12. The summed E-state index contributed by atoms with van der Waals surface area (Å²) < 4.78 is 6.56. The first-order valence-corrected chi connectivity index (χ1v) is 42.9. The van der Waals surface area contributed by atoms with Crippen LogP contribution in [0.25, 0.3) is 148 Å². The molecule has 0 fully saturated rings. The summed E-state index contributed by atoms with van der Waals surface area (Å²) in [5.41, 5.74) is 25.1. The van der Waals surface area contributed by atoms with Crippen molar-refractivity contribution in [2.75, 3.05) is 35.8 Å². The van der Waals surface area contributed by atoms with Gasteiger partial charge in [-0.3, -0.25) is 24.9 Å². The van der Waals surface area contributed by atoms with Crippen molar-refractivity contribution in [3.8, 4) is 33.8 Å². The van der Waals surface area contributed by atoms with Gasteiger partial charge in [-0.25, -0.2) is 4.98 Å². The van der Waals surface area contributed by atoms with Gasteiger partial charge in [0.1, 0.15) is 5.65 Å². The van der Waals surface area contributed by atoms with Gasteiger partial charge in [0.2, 0.25) is 0 Å². The van der Waals surface area contributed by atoms with Gasteiger partial charge in [0, 0.05) is 59.3 Å². The average molecular weight is 2200 g/mol. The van der Waals surface area contributed by atoms with Crippen molar-refractivity contribution in [2.45, 2.75) is 80.1 Å². The zero-order valence-corrected chi connectivity index (χ0v) is 79.7. The number of aromatic nitrogens is 9. The van der Waals surface area contributed by atoms with Gasteiger partial charge in [0.05, 0.1) is 56.8 Å². The molecule has 0 saturated heterocycles. The van der Waals surface area contributed by atoms with Crippen molar-refractivity contribution in [2.24, 2.45) is 0 Å². The van der Waals surface area contributed by atoms with Gasteiger partial charge in [0.25, 0.3) is 0 Å². The Balaban J connectivity index is 0.000000117. The second-order valence-electron chi connectivity index (χ2n) is 31.4. The van der Waals surface area contributed by atoms with E-state index in [1.807, 2.05) is 230 Å². The maximum atomic E-state index is 5.16. The number of hydrogen-bond acceptors (Lipinski definition) is 12. The number of imidazole rings is 3. The number of para-hydroxylation sites is 4. The molecule has 0 bridgehead atoms. The molecule has 18 heteroatoms. The quantitative estimate of drug-likeness (QED) is 0.0858. The summed E-state index contributed by atoms with van der Waals surface area (Å²) in [6.07, 6.45) is 32.2. The first-order chi connectivity index (χ1) is 61.5. The smallest absolute Gasteiger partial charge is 0.510 e. The van der Waals surface area contributed by atoms with Gasteiger partial charge in [0.15, 0.2) is 0 Å². The third-order valence-electron chi connectivity index (χ3n) is 23.8. The van der Waals surface area contributed by atoms with Crippen LogP contribution >= 0.6 is 0 Å². The Morgan fingerprint density at radius 1 is 0.297 bits per heavy atom. The largest absolute Gasteiger partial charge is 3.00 e. The fraction of sp³-hybridized carbons (Fsp3) is 0.136. The minimum absolute atomic E-state index is 0. The molecule has 0 amide bonds. The van der Waals surface area contributed by atoms with Crippen LogP contribution in [0.1, 0.15) is 74.9 Å². The summed E-state index contributed by atoms with van der Waals surface area (Å²) in [5, 5.41) is 16.3. The number of pyridine rings is 6. The molecule has 128 heavy (non-hydrogen) atoms. The summed E-state index contributed by atoms with van der Waals surface area (Å²) in [6, 6.07) is 96.9. The van der Waals surface area contributed by atoms with Crippen molar-refractivity contribution in [3.63, 3.8) is 0 Å². The number of aryl methyl sites for hydroxylation is 6. The number of benzene rings is 12. The van der Waals surface area contributed by atoms with Crippen molar-refractivity contribution >= 4 is 132 Å². The van der Waals surface area contributed by atoms with E-state index in [9.17, 15) is 0 Å². The molecule has 0 radical (unpaired) electrons. The third kappa shape index (κ3) is 17.0. The number of anilines is 3. The van der Waals surface area contributed by atoms with Crippen LogP contribution in [0.4, 0.5) is 17.1 Å². The van der Waals surface area contributed by atoms with Crippen molar-refractivity contribution < 1.29 is 60.3 Å². The molecule has 0 aliphatic carbocycles. The Kier molecular flexibility index (Phi) is 27.0. The fourth-order valence-corrected chi connectivity index (χ4v) is 17.8. The molecule has 9 aromatic heterocycles. The van der Waals surface area contributed by atoms with Gasteiger partial charge < -0.3 is 42.6 Å². The minimum Gasteiger partial charge on any atom is -0.510 e. The van der Waals surface area contributed by atoms with E-state index in [-0.39, 0.29) is 60.3 Å². The predicted octanol–water partition coefficient (Wildman–Crippen LogP) is 24.7. The molecule has 0 unspecified atom stereocenters. The first kappa shape index (κ1) is 88.4. The summed E-state index contributed by atoms with van der Waals surface area (Å²) in [6.45, 7) is 19.3. The molecule has 0 N–H and O–H groups in total. The second-order valence-corrected chi connectivity index (χ2v) is 31.4. The van der Waals surface area contributed by atoms with Gasteiger partial charge >= 0.3 is 60.3 Å². The number of nitrogens with zero attached hydrogens (tertiary/aromatic N) is 15. The Morgan fingerprint density at radius 3 is 1.13 bits per heavy atom. The van der Waals surface area contributed by atoms with Crippen LogP contribution in [0.3, 0.4) is 0 Å². The van der Waals surface area contributed by atoms with Crippen molar-refractivity contribution in [1.82, 2.24) is 57.8 Å². The van der Waals surface area contributed by atoms with E-state index < -0.39 is 0 Å². The summed E-state index contributed by atoms with van der Waals surface area (Å²) >= 11 is 0. The van der Waals surface area contributed by atoms with Crippen LogP contribution < -0.4 is 14.7 Å². The molecule has 634 valence electrons. The van der Waals surface area contributed by atoms with E-state index >= 15 is 0 Å². The van der Waals surface area contributed by atoms with Crippen LogP contribution in [-0.4, -0.2) is 78.9 Å². The molecule has 3 aliphatic heterocycles. The maximum absolute atomic E-state index is 5.16. The first-order valence-electron chi connectivity index (χ1n) is 42.9. The molecule has 0 spiro atoms.